The highest BCUT2D eigenvalue weighted by Crippen LogP contribution is 2.17. The first-order valence-electron chi connectivity index (χ1n) is 7.70. The fourth-order valence-electron chi connectivity index (χ4n) is 2.68. The molecule has 1 heterocycles. The molecule has 0 aliphatic carbocycles. The van der Waals surface area contributed by atoms with E-state index in [1.54, 1.807) is 18.2 Å². The summed E-state index contributed by atoms with van der Waals surface area (Å²) in [6.45, 7) is 2.50. The van der Waals surface area contributed by atoms with Crippen LogP contribution in [0, 0.1) is 12.7 Å². The molecule has 23 heavy (non-hydrogen) atoms. The van der Waals surface area contributed by atoms with Crippen LogP contribution in [0.25, 0.3) is 10.9 Å². The molecule has 4 heteroatoms. The van der Waals surface area contributed by atoms with Gasteiger partial charge in [-0.1, -0.05) is 24.3 Å². The molecule has 2 aromatic carbocycles. The van der Waals surface area contributed by atoms with E-state index in [-0.39, 0.29) is 18.1 Å². The first-order valence-corrected chi connectivity index (χ1v) is 7.70. The van der Waals surface area contributed by atoms with Crippen molar-refractivity contribution in [3.05, 3.63) is 71.2 Å². The van der Waals surface area contributed by atoms with Gasteiger partial charge in [-0.05, 0) is 54.1 Å². The lowest BCUT2D eigenvalue weighted by Crippen LogP contribution is -2.23. The van der Waals surface area contributed by atoms with Crippen molar-refractivity contribution in [2.45, 2.75) is 26.3 Å². The second-order valence-corrected chi connectivity index (χ2v) is 5.74. The van der Waals surface area contributed by atoms with Crippen LogP contribution >= 0.6 is 0 Å². The smallest absolute Gasteiger partial charge is 0.220 e. The largest absolute Gasteiger partial charge is 0.359 e. The van der Waals surface area contributed by atoms with E-state index in [4.69, 9.17) is 0 Å². The predicted octanol–water partition coefficient (Wildman–Crippen LogP) is 3.86. The number of fused-ring (bicyclic) bond motifs is 1. The maximum Gasteiger partial charge on any atom is 0.220 e. The second-order valence-electron chi connectivity index (χ2n) is 5.74. The van der Waals surface area contributed by atoms with E-state index >= 15 is 0 Å². The van der Waals surface area contributed by atoms with E-state index in [0.717, 1.165) is 22.2 Å². The zero-order valence-electron chi connectivity index (χ0n) is 13.0. The number of rotatable bonds is 5. The molecule has 3 rings (SSSR count). The Balaban J connectivity index is 1.54. The van der Waals surface area contributed by atoms with Gasteiger partial charge in [0.05, 0.1) is 0 Å². The lowest BCUT2D eigenvalue weighted by Gasteiger charge is -2.06. The lowest BCUT2D eigenvalue weighted by atomic mass is 10.1. The van der Waals surface area contributed by atoms with Crippen LogP contribution in [0.2, 0.25) is 0 Å². The zero-order valence-corrected chi connectivity index (χ0v) is 13.0. The number of hydrogen-bond acceptors (Lipinski definition) is 1. The molecule has 0 aliphatic rings. The van der Waals surface area contributed by atoms with Crippen LogP contribution in [0.1, 0.15) is 23.2 Å². The SMILES string of the molecule is Cc1cc2cc(CNC(=O)CCc3ccccc3F)ccc2[nH]1. The molecule has 0 fully saturated rings. The number of aryl methyl sites for hydroxylation is 2. The number of nitrogens with one attached hydrogen (secondary N) is 2. The minimum atomic E-state index is -0.256. The van der Waals surface area contributed by atoms with Crippen LogP contribution in [0.5, 0.6) is 0 Å². The first-order chi connectivity index (χ1) is 11.1. The summed E-state index contributed by atoms with van der Waals surface area (Å²) in [5, 5.41) is 4.03. The summed E-state index contributed by atoms with van der Waals surface area (Å²) >= 11 is 0. The van der Waals surface area contributed by atoms with Gasteiger partial charge in [-0.2, -0.15) is 0 Å². The van der Waals surface area contributed by atoms with Crippen molar-refractivity contribution in [1.29, 1.82) is 0 Å². The van der Waals surface area contributed by atoms with Crippen molar-refractivity contribution in [2.75, 3.05) is 0 Å². The Bertz CT molecular complexity index is 838. The molecule has 0 atom stereocenters. The summed E-state index contributed by atoms with van der Waals surface area (Å²) in [7, 11) is 0. The Morgan fingerprint density at radius 1 is 1.17 bits per heavy atom. The van der Waals surface area contributed by atoms with Crippen LogP contribution in [-0.2, 0) is 17.8 Å². The molecular formula is C19H19FN2O. The molecule has 1 amide bonds. The van der Waals surface area contributed by atoms with Gasteiger partial charge in [0.1, 0.15) is 5.82 Å². The van der Waals surface area contributed by atoms with Crippen LogP contribution in [0.3, 0.4) is 0 Å². The van der Waals surface area contributed by atoms with E-state index in [0.29, 0.717) is 18.5 Å². The molecule has 0 spiro atoms. The standard InChI is InChI=1S/C19H19FN2O/c1-13-10-16-11-14(6-8-18(16)22-13)12-21-19(23)9-7-15-4-2-3-5-17(15)20/h2-6,8,10-11,22H,7,9,12H2,1H3,(H,21,23). The Kier molecular flexibility index (Phi) is 4.42. The third-order valence-corrected chi connectivity index (χ3v) is 3.89. The maximum atomic E-state index is 13.5. The number of carbonyl (C=O) groups excluding carboxylic acids is 1. The van der Waals surface area contributed by atoms with Gasteiger partial charge >= 0.3 is 0 Å². The van der Waals surface area contributed by atoms with Gasteiger partial charge in [0, 0.05) is 24.2 Å². The van der Waals surface area contributed by atoms with Crippen LogP contribution in [-0.4, -0.2) is 10.9 Å². The predicted molar refractivity (Wildman–Crippen MR) is 89.6 cm³/mol. The number of benzene rings is 2. The molecular weight excluding hydrogens is 291 g/mol. The third kappa shape index (κ3) is 3.77. The molecule has 0 aliphatic heterocycles. The average molecular weight is 310 g/mol. The van der Waals surface area contributed by atoms with E-state index < -0.39 is 0 Å². The average Bonchev–Trinajstić information content (AvgIpc) is 2.91. The van der Waals surface area contributed by atoms with Gasteiger partial charge in [0.2, 0.25) is 5.91 Å². The van der Waals surface area contributed by atoms with Gasteiger partial charge in [0.15, 0.2) is 0 Å². The molecule has 2 N–H and O–H groups in total. The molecule has 0 bridgehead atoms. The molecule has 1 aromatic heterocycles. The van der Waals surface area contributed by atoms with Crippen molar-refractivity contribution in [3.63, 3.8) is 0 Å². The minimum absolute atomic E-state index is 0.0707. The van der Waals surface area contributed by atoms with Gasteiger partial charge in [-0.25, -0.2) is 4.39 Å². The summed E-state index contributed by atoms with van der Waals surface area (Å²) in [4.78, 5) is 15.2. The zero-order chi connectivity index (χ0) is 16.2. The van der Waals surface area contributed by atoms with Crippen molar-refractivity contribution >= 4 is 16.8 Å². The van der Waals surface area contributed by atoms with E-state index in [1.165, 1.54) is 6.07 Å². The summed E-state index contributed by atoms with van der Waals surface area (Å²) in [5.74, 6) is -0.327. The Labute approximate surface area is 134 Å². The third-order valence-electron chi connectivity index (χ3n) is 3.89. The quantitative estimate of drug-likeness (QED) is 0.738. The fourth-order valence-corrected chi connectivity index (χ4v) is 2.68. The van der Waals surface area contributed by atoms with Gasteiger partial charge in [-0.15, -0.1) is 0 Å². The van der Waals surface area contributed by atoms with Crippen LogP contribution in [0.4, 0.5) is 4.39 Å². The van der Waals surface area contributed by atoms with Gasteiger partial charge in [0.25, 0.3) is 0 Å². The van der Waals surface area contributed by atoms with Crippen molar-refractivity contribution < 1.29 is 9.18 Å². The molecule has 0 saturated heterocycles. The second kappa shape index (κ2) is 6.65. The molecule has 118 valence electrons. The van der Waals surface area contributed by atoms with Crippen molar-refractivity contribution in [2.24, 2.45) is 0 Å². The first kappa shape index (κ1) is 15.3. The van der Waals surface area contributed by atoms with E-state index in [9.17, 15) is 9.18 Å². The number of halogens is 1. The lowest BCUT2D eigenvalue weighted by molar-refractivity contribution is -0.121. The summed E-state index contributed by atoms with van der Waals surface area (Å²) in [6, 6.07) is 14.7. The molecule has 0 saturated carbocycles. The number of H-pyrrole nitrogens is 1. The molecule has 0 unspecified atom stereocenters. The number of aromatic amines is 1. The Hall–Kier alpha value is -2.62. The Morgan fingerprint density at radius 2 is 2.00 bits per heavy atom. The van der Waals surface area contributed by atoms with Gasteiger partial charge < -0.3 is 10.3 Å². The topological polar surface area (TPSA) is 44.9 Å². The summed E-state index contributed by atoms with van der Waals surface area (Å²) < 4.78 is 13.5. The highest BCUT2D eigenvalue weighted by molar-refractivity contribution is 5.81. The summed E-state index contributed by atoms with van der Waals surface area (Å²) in [5.41, 5.74) is 3.84. The summed E-state index contributed by atoms with van der Waals surface area (Å²) in [6.07, 6.45) is 0.695. The van der Waals surface area contributed by atoms with Crippen LogP contribution in [0.15, 0.2) is 48.5 Å². The van der Waals surface area contributed by atoms with Gasteiger partial charge in [-0.3, -0.25) is 4.79 Å². The number of aromatic nitrogens is 1. The highest BCUT2D eigenvalue weighted by Gasteiger charge is 2.06. The minimum Gasteiger partial charge on any atom is -0.359 e. The molecule has 3 nitrogen and oxygen atoms in total. The number of carbonyl (C=O) groups is 1. The Morgan fingerprint density at radius 3 is 2.83 bits per heavy atom. The monoisotopic (exact) mass is 310 g/mol. The molecule has 0 radical (unpaired) electrons. The van der Waals surface area contributed by atoms with E-state index in [1.807, 2.05) is 19.1 Å². The van der Waals surface area contributed by atoms with Crippen molar-refractivity contribution in [1.82, 2.24) is 10.3 Å². The van der Waals surface area contributed by atoms with Crippen molar-refractivity contribution in [3.8, 4) is 0 Å². The number of amides is 1. The van der Waals surface area contributed by atoms with Crippen LogP contribution < -0.4 is 5.32 Å². The maximum absolute atomic E-state index is 13.5. The fraction of sp³-hybridized carbons (Fsp3) is 0.211. The highest BCUT2D eigenvalue weighted by atomic mass is 19.1. The normalized spacial score (nSPS) is 10.9. The molecule has 3 aromatic rings. The van der Waals surface area contributed by atoms with E-state index in [2.05, 4.69) is 22.4 Å². The number of hydrogen-bond donors (Lipinski definition) is 2.